The third kappa shape index (κ3) is 6.64. The van der Waals surface area contributed by atoms with Crippen molar-refractivity contribution < 1.29 is 37.3 Å². The van der Waals surface area contributed by atoms with E-state index in [-0.39, 0.29) is 16.9 Å². The van der Waals surface area contributed by atoms with Gasteiger partial charge in [-0.15, -0.1) is 0 Å². The minimum absolute atomic E-state index is 0.0458. The van der Waals surface area contributed by atoms with Crippen molar-refractivity contribution in [1.29, 1.82) is 0 Å². The molecular weight excluding hydrogens is 561 g/mol. The second kappa shape index (κ2) is 12.3. The summed E-state index contributed by atoms with van der Waals surface area (Å²) in [6, 6.07) is 15.4. The van der Waals surface area contributed by atoms with Gasteiger partial charge in [-0.2, -0.15) is 13.2 Å². The summed E-state index contributed by atoms with van der Waals surface area (Å²) >= 11 is 0. The van der Waals surface area contributed by atoms with E-state index in [2.05, 4.69) is 4.90 Å². The van der Waals surface area contributed by atoms with Crippen molar-refractivity contribution in [3.8, 4) is 22.6 Å². The van der Waals surface area contributed by atoms with Crippen molar-refractivity contribution in [2.45, 2.75) is 45.8 Å². The SMILES string of the molecule is CCOc1cc(CN2CCC3(CC2)CC(=O)N(c2ccc(C(=O)O)cc2)C3)cc(OCC)c1-c1cccc(C(F)(F)F)c1. The second-order valence-electron chi connectivity index (χ2n) is 11.2. The van der Waals surface area contributed by atoms with E-state index in [1.807, 2.05) is 26.0 Å². The Balaban J connectivity index is 1.32. The zero-order valence-electron chi connectivity index (χ0n) is 24.2. The van der Waals surface area contributed by atoms with E-state index in [9.17, 15) is 27.9 Å². The summed E-state index contributed by atoms with van der Waals surface area (Å²) in [6.45, 7) is 7.12. The first kappa shape index (κ1) is 30.4. The highest BCUT2D eigenvalue weighted by Crippen LogP contribution is 2.45. The van der Waals surface area contributed by atoms with Gasteiger partial charge >= 0.3 is 12.1 Å². The number of nitrogens with zero attached hydrogens (tertiary/aromatic N) is 2. The number of rotatable bonds is 9. The van der Waals surface area contributed by atoms with Gasteiger partial charge in [0.1, 0.15) is 11.5 Å². The lowest BCUT2D eigenvalue weighted by atomic mass is 9.77. The fraction of sp³-hybridized carbons (Fsp3) is 0.394. The lowest BCUT2D eigenvalue weighted by Crippen LogP contribution is -2.41. The van der Waals surface area contributed by atoms with Gasteiger partial charge in [-0.1, -0.05) is 12.1 Å². The van der Waals surface area contributed by atoms with Crippen molar-refractivity contribution in [3.63, 3.8) is 0 Å². The molecule has 1 spiro atoms. The molecule has 0 saturated carbocycles. The Morgan fingerprint density at radius 1 is 0.953 bits per heavy atom. The van der Waals surface area contributed by atoms with E-state index in [0.29, 0.717) is 61.0 Å². The van der Waals surface area contributed by atoms with E-state index in [1.165, 1.54) is 18.2 Å². The zero-order valence-corrected chi connectivity index (χ0v) is 24.2. The maximum atomic E-state index is 13.5. The number of carboxylic acid groups (broad SMARTS) is 1. The van der Waals surface area contributed by atoms with Crippen LogP contribution in [0, 0.1) is 5.41 Å². The molecule has 1 amide bonds. The number of aromatic carboxylic acids is 1. The Morgan fingerprint density at radius 3 is 2.14 bits per heavy atom. The van der Waals surface area contributed by atoms with Gasteiger partial charge < -0.3 is 19.5 Å². The third-order valence-electron chi connectivity index (χ3n) is 8.27. The molecular formula is C33H35F3N2O5. The van der Waals surface area contributed by atoms with Crippen LogP contribution in [-0.2, 0) is 17.5 Å². The first-order valence-electron chi connectivity index (χ1n) is 14.5. The van der Waals surface area contributed by atoms with Crippen LogP contribution in [-0.4, -0.2) is 54.7 Å². The molecule has 3 aromatic rings. The minimum Gasteiger partial charge on any atom is -0.493 e. The maximum absolute atomic E-state index is 13.5. The Hall–Kier alpha value is -4.05. The van der Waals surface area contributed by atoms with Gasteiger partial charge in [0, 0.05) is 25.2 Å². The molecule has 10 heteroatoms. The molecule has 0 unspecified atom stereocenters. The molecule has 2 fully saturated rings. The smallest absolute Gasteiger partial charge is 0.416 e. The van der Waals surface area contributed by atoms with Crippen molar-refractivity contribution in [2.75, 3.05) is 37.7 Å². The monoisotopic (exact) mass is 596 g/mol. The van der Waals surface area contributed by atoms with E-state index in [0.717, 1.165) is 43.6 Å². The third-order valence-corrected chi connectivity index (χ3v) is 8.27. The average molecular weight is 597 g/mol. The van der Waals surface area contributed by atoms with Gasteiger partial charge in [0.2, 0.25) is 5.91 Å². The number of alkyl halides is 3. The van der Waals surface area contributed by atoms with Crippen molar-refractivity contribution in [2.24, 2.45) is 5.41 Å². The van der Waals surface area contributed by atoms with E-state index < -0.39 is 17.7 Å². The van der Waals surface area contributed by atoms with Gasteiger partial charge in [0.25, 0.3) is 0 Å². The molecule has 3 aromatic carbocycles. The zero-order chi connectivity index (χ0) is 30.8. The minimum atomic E-state index is -4.47. The maximum Gasteiger partial charge on any atom is 0.416 e. The number of ether oxygens (including phenoxy) is 2. The molecule has 2 aliphatic heterocycles. The number of piperidine rings is 1. The number of amides is 1. The Kier molecular flexibility index (Phi) is 8.69. The summed E-state index contributed by atoms with van der Waals surface area (Å²) in [7, 11) is 0. The molecule has 0 bridgehead atoms. The number of carbonyl (C=O) groups is 2. The van der Waals surface area contributed by atoms with Gasteiger partial charge in [-0.3, -0.25) is 9.69 Å². The highest BCUT2D eigenvalue weighted by atomic mass is 19.4. The summed E-state index contributed by atoms with van der Waals surface area (Å²) < 4.78 is 52.3. The molecule has 0 aromatic heterocycles. The number of hydrogen-bond donors (Lipinski definition) is 1. The van der Waals surface area contributed by atoms with Crippen LogP contribution in [0.4, 0.5) is 18.9 Å². The summed E-state index contributed by atoms with van der Waals surface area (Å²) in [6.07, 6.45) is -2.34. The van der Waals surface area contributed by atoms with Crippen molar-refractivity contribution in [3.05, 3.63) is 77.4 Å². The van der Waals surface area contributed by atoms with Crippen LogP contribution in [0.25, 0.3) is 11.1 Å². The van der Waals surface area contributed by atoms with Crippen LogP contribution >= 0.6 is 0 Å². The fourth-order valence-corrected chi connectivity index (χ4v) is 6.10. The highest BCUT2D eigenvalue weighted by molar-refractivity contribution is 5.97. The summed E-state index contributed by atoms with van der Waals surface area (Å²) in [5, 5.41) is 9.17. The molecule has 1 N–H and O–H groups in total. The molecule has 228 valence electrons. The summed E-state index contributed by atoms with van der Waals surface area (Å²) in [4.78, 5) is 28.2. The lowest BCUT2D eigenvalue weighted by Gasteiger charge is -2.39. The van der Waals surface area contributed by atoms with Crippen LogP contribution in [0.1, 0.15) is 54.6 Å². The number of halogens is 3. The number of anilines is 1. The Bertz CT molecular complexity index is 1450. The topological polar surface area (TPSA) is 79.3 Å². The summed E-state index contributed by atoms with van der Waals surface area (Å²) in [5.41, 5.74) is 1.82. The molecule has 2 aliphatic rings. The lowest BCUT2D eigenvalue weighted by molar-refractivity contribution is -0.137. The van der Waals surface area contributed by atoms with Gasteiger partial charge in [0.15, 0.2) is 0 Å². The molecule has 2 saturated heterocycles. The van der Waals surface area contributed by atoms with Gasteiger partial charge in [-0.25, -0.2) is 4.79 Å². The molecule has 5 rings (SSSR count). The molecule has 7 nitrogen and oxygen atoms in total. The number of benzene rings is 3. The second-order valence-corrected chi connectivity index (χ2v) is 11.2. The van der Waals surface area contributed by atoms with Crippen molar-refractivity contribution in [1.82, 2.24) is 4.90 Å². The average Bonchev–Trinajstić information content (AvgIpc) is 3.29. The summed E-state index contributed by atoms with van der Waals surface area (Å²) in [5.74, 6) is -0.0102. The first-order chi connectivity index (χ1) is 20.5. The predicted octanol–water partition coefficient (Wildman–Crippen LogP) is 6.89. The molecule has 0 atom stereocenters. The van der Waals surface area contributed by atoms with Crippen LogP contribution in [0.15, 0.2) is 60.7 Å². The van der Waals surface area contributed by atoms with Crippen LogP contribution < -0.4 is 14.4 Å². The normalized spacial score (nSPS) is 17.0. The fourth-order valence-electron chi connectivity index (χ4n) is 6.10. The van der Waals surface area contributed by atoms with Gasteiger partial charge in [0.05, 0.1) is 29.9 Å². The predicted molar refractivity (Wildman–Crippen MR) is 157 cm³/mol. The number of hydrogen-bond acceptors (Lipinski definition) is 5. The first-order valence-corrected chi connectivity index (χ1v) is 14.5. The van der Waals surface area contributed by atoms with Crippen LogP contribution in [0.2, 0.25) is 0 Å². The molecule has 43 heavy (non-hydrogen) atoms. The van der Waals surface area contributed by atoms with Crippen LogP contribution in [0.3, 0.4) is 0 Å². The van der Waals surface area contributed by atoms with Crippen molar-refractivity contribution >= 4 is 17.6 Å². The molecule has 0 aliphatic carbocycles. The molecule has 2 heterocycles. The van der Waals surface area contributed by atoms with E-state index in [4.69, 9.17) is 9.47 Å². The van der Waals surface area contributed by atoms with Gasteiger partial charge in [-0.05, 0) is 105 Å². The number of carbonyl (C=O) groups excluding carboxylic acids is 1. The standard InChI is InChI=1S/C33H35F3N2O5/c1-3-42-27-16-22(17-28(43-4-2)30(27)24-6-5-7-25(18-24)33(34,35)36)20-37-14-12-32(13-15-37)19-29(39)38(21-32)26-10-8-23(9-11-26)31(40)41/h5-11,16-18H,3-4,12-15,19-21H2,1-2H3,(H,40,41). The highest BCUT2D eigenvalue weighted by Gasteiger charge is 2.45. The van der Waals surface area contributed by atoms with E-state index in [1.54, 1.807) is 23.1 Å². The largest absolute Gasteiger partial charge is 0.493 e. The number of carboxylic acids is 1. The number of likely N-dealkylation sites (tertiary alicyclic amines) is 1. The van der Waals surface area contributed by atoms with E-state index >= 15 is 0 Å². The quantitative estimate of drug-likeness (QED) is 0.290. The Morgan fingerprint density at radius 2 is 1.58 bits per heavy atom. The van der Waals surface area contributed by atoms with Crippen LogP contribution in [0.5, 0.6) is 11.5 Å². The Labute approximate surface area is 248 Å². The molecule has 0 radical (unpaired) electrons.